The number of Topliss-reactive ketones (excluding diaryl/α,β-unsaturated/α-hetero) is 1. The number of fused-ring (bicyclic) bond motifs is 1. The molecular weight excluding hydrogens is 458 g/mol. The molecule has 4 aromatic rings. The molecule has 1 atom stereocenters. The van der Waals surface area contributed by atoms with Crippen LogP contribution >= 0.6 is 0 Å². The second kappa shape index (κ2) is 8.92. The van der Waals surface area contributed by atoms with E-state index in [9.17, 15) is 14.7 Å². The summed E-state index contributed by atoms with van der Waals surface area (Å²) in [6.07, 6.45) is 0. The number of carbonyl (C=O) groups is 2. The molecule has 0 bridgehead atoms. The van der Waals surface area contributed by atoms with Crippen LogP contribution in [0.5, 0.6) is 11.5 Å². The number of para-hydroxylation sites is 1. The van der Waals surface area contributed by atoms with Crippen LogP contribution < -0.4 is 14.4 Å². The fourth-order valence-corrected chi connectivity index (χ4v) is 4.55. The summed E-state index contributed by atoms with van der Waals surface area (Å²) in [5, 5.41) is 11.7. The first-order valence-corrected chi connectivity index (χ1v) is 11.4. The summed E-state index contributed by atoms with van der Waals surface area (Å²) in [6, 6.07) is 18.7. The van der Waals surface area contributed by atoms with E-state index in [2.05, 4.69) is 0 Å². The lowest BCUT2D eigenvalue weighted by atomic mass is 9.94. The van der Waals surface area contributed by atoms with Gasteiger partial charge in [0.1, 0.15) is 5.75 Å². The summed E-state index contributed by atoms with van der Waals surface area (Å²) in [5.74, 6) is -0.821. The van der Waals surface area contributed by atoms with Crippen LogP contribution in [0.3, 0.4) is 0 Å². The van der Waals surface area contributed by atoms with E-state index in [-0.39, 0.29) is 11.3 Å². The quantitative estimate of drug-likeness (QED) is 0.346. The van der Waals surface area contributed by atoms with Crippen LogP contribution in [0.1, 0.15) is 33.3 Å². The van der Waals surface area contributed by atoms with E-state index < -0.39 is 23.5 Å². The maximum Gasteiger partial charge on any atom is 0.294 e. The van der Waals surface area contributed by atoms with Crippen molar-refractivity contribution in [2.24, 2.45) is 0 Å². The topological polar surface area (TPSA) is 89.2 Å². The number of ether oxygens (including phenoxy) is 2. The van der Waals surface area contributed by atoms with Crippen LogP contribution in [-0.4, -0.2) is 31.0 Å². The second-order valence-corrected chi connectivity index (χ2v) is 8.70. The van der Waals surface area contributed by atoms with Gasteiger partial charge in [-0.1, -0.05) is 30.3 Å². The van der Waals surface area contributed by atoms with Crippen LogP contribution in [0, 0.1) is 13.8 Å². The molecule has 182 valence electrons. The van der Waals surface area contributed by atoms with Gasteiger partial charge in [0, 0.05) is 11.1 Å². The van der Waals surface area contributed by atoms with Crippen molar-refractivity contribution >= 4 is 28.3 Å². The third kappa shape index (κ3) is 3.69. The number of hydrogen-bond acceptors (Lipinski definition) is 6. The van der Waals surface area contributed by atoms with E-state index in [1.807, 2.05) is 26.0 Å². The number of methoxy groups -OCH3 is 2. The molecule has 0 fully saturated rings. The molecule has 5 rings (SSSR count). The molecule has 2 heterocycles. The normalized spacial score (nSPS) is 15.6. The monoisotopic (exact) mass is 483 g/mol. The highest BCUT2D eigenvalue weighted by atomic mass is 16.5. The Balaban J connectivity index is 1.68. The van der Waals surface area contributed by atoms with E-state index in [1.165, 1.54) is 12.0 Å². The zero-order chi connectivity index (χ0) is 25.6. The number of furan rings is 1. The molecule has 1 N–H and O–H groups in total. The van der Waals surface area contributed by atoms with Crippen molar-refractivity contribution in [3.05, 3.63) is 101 Å². The highest BCUT2D eigenvalue weighted by Crippen LogP contribution is 2.43. The number of anilines is 1. The van der Waals surface area contributed by atoms with Crippen molar-refractivity contribution in [2.75, 3.05) is 19.1 Å². The van der Waals surface area contributed by atoms with Gasteiger partial charge in [-0.2, -0.15) is 0 Å². The number of carbonyl (C=O) groups excluding carboxylic acids is 2. The summed E-state index contributed by atoms with van der Waals surface area (Å²) < 4.78 is 16.6. The van der Waals surface area contributed by atoms with Crippen molar-refractivity contribution in [1.82, 2.24) is 0 Å². The Bertz CT molecular complexity index is 1550. The molecule has 7 heteroatoms. The average Bonchev–Trinajstić information content (AvgIpc) is 3.44. The molecule has 1 amide bonds. The number of nitrogens with zero attached hydrogens (tertiary/aromatic N) is 1. The summed E-state index contributed by atoms with van der Waals surface area (Å²) >= 11 is 0. The molecule has 7 nitrogen and oxygen atoms in total. The highest BCUT2D eigenvalue weighted by Gasteiger charge is 2.45. The lowest BCUT2D eigenvalue weighted by Crippen LogP contribution is -2.31. The SMILES string of the molecule is COc1cccc(C2C(C(=O)c3cc4cccc(OC)c4o3)=C(O)C(=O)N2c2ccc(C)c(C)c2)c1. The maximum atomic E-state index is 13.8. The molecule has 1 unspecified atom stereocenters. The molecule has 1 aliphatic rings. The van der Waals surface area contributed by atoms with Crippen LogP contribution in [0.2, 0.25) is 0 Å². The van der Waals surface area contributed by atoms with Crippen molar-refractivity contribution in [1.29, 1.82) is 0 Å². The van der Waals surface area contributed by atoms with Crippen LogP contribution in [0.4, 0.5) is 5.69 Å². The van der Waals surface area contributed by atoms with E-state index in [0.29, 0.717) is 33.7 Å². The zero-order valence-corrected chi connectivity index (χ0v) is 20.4. The summed E-state index contributed by atoms with van der Waals surface area (Å²) in [7, 11) is 3.06. The number of amides is 1. The molecule has 3 aromatic carbocycles. The van der Waals surface area contributed by atoms with Gasteiger partial charge in [0.2, 0.25) is 5.78 Å². The van der Waals surface area contributed by atoms with Crippen LogP contribution in [0.25, 0.3) is 11.0 Å². The van der Waals surface area contributed by atoms with Gasteiger partial charge in [0.25, 0.3) is 5.91 Å². The zero-order valence-electron chi connectivity index (χ0n) is 20.4. The molecular formula is C29H25NO6. The minimum atomic E-state index is -0.891. The summed E-state index contributed by atoms with van der Waals surface area (Å²) in [4.78, 5) is 28.7. The third-order valence-electron chi connectivity index (χ3n) is 6.58. The van der Waals surface area contributed by atoms with Gasteiger partial charge in [-0.15, -0.1) is 0 Å². The average molecular weight is 484 g/mol. The van der Waals surface area contributed by atoms with E-state index in [1.54, 1.807) is 61.7 Å². The smallest absolute Gasteiger partial charge is 0.294 e. The van der Waals surface area contributed by atoms with Crippen LogP contribution in [0.15, 0.2) is 82.5 Å². The van der Waals surface area contributed by atoms with Crippen molar-refractivity contribution in [3.8, 4) is 11.5 Å². The first-order chi connectivity index (χ1) is 17.3. The number of ketones is 1. The minimum Gasteiger partial charge on any atom is -0.503 e. The number of rotatable bonds is 6. The third-order valence-corrected chi connectivity index (χ3v) is 6.58. The minimum absolute atomic E-state index is 0.00122. The molecule has 0 saturated carbocycles. The van der Waals surface area contributed by atoms with Crippen molar-refractivity contribution in [2.45, 2.75) is 19.9 Å². The molecule has 36 heavy (non-hydrogen) atoms. The predicted molar refractivity (Wildman–Crippen MR) is 136 cm³/mol. The van der Waals surface area contributed by atoms with Gasteiger partial charge in [-0.3, -0.25) is 14.5 Å². The van der Waals surface area contributed by atoms with Crippen molar-refractivity contribution in [3.63, 3.8) is 0 Å². The summed E-state index contributed by atoms with van der Waals surface area (Å²) in [6.45, 7) is 3.92. The van der Waals surface area contributed by atoms with E-state index in [0.717, 1.165) is 11.1 Å². The van der Waals surface area contributed by atoms with E-state index >= 15 is 0 Å². The number of aryl methyl sites for hydroxylation is 2. The Hall–Kier alpha value is -4.52. The molecule has 0 aliphatic carbocycles. The first-order valence-electron chi connectivity index (χ1n) is 11.4. The maximum absolute atomic E-state index is 13.8. The molecule has 0 radical (unpaired) electrons. The Labute approximate surface area is 208 Å². The van der Waals surface area contributed by atoms with Crippen molar-refractivity contribution < 1.29 is 28.6 Å². The van der Waals surface area contributed by atoms with Gasteiger partial charge in [0.05, 0.1) is 25.8 Å². The van der Waals surface area contributed by atoms with Gasteiger partial charge in [-0.25, -0.2) is 0 Å². The fourth-order valence-electron chi connectivity index (χ4n) is 4.55. The van der Waals surface area contributed by atoms with Gasteiger partial charge < -0.3 is 19.0 Å². The van der Waals surface area contributed by atoms with Gasteiger partial charge in [0.15, 0.2) is 22.9 Å². The second-order valence-electron chi connectivity index (χ2n) is 8.70. The lowest BCUT2D eigenvalue weighted by molar-refractivity contribution is -0.117. The Morgan fingerprint density at radius 2 is 1.72 bits per heavy atom. The standard InChI is InChI=1S/C29H25NO6/c1-16-11-12-20(13-17(16)2)30-25(18-7-5-9-21(14-18)34-3)24(27(32)29(30)33)26(31)23-15-19-8-6-10-22(35-4)28(19)36-23/h5-15,25,32H,1-4H3. The molecule has 0 spiro atoms. The highest BCUT2D eigenvalue weighted by molar-refractivity contribution is 6.20. The molecule has 1 aliphatic heterocycles. The fraction of sp³-hybridized carbons (Fsp3) is 0.172. The molecule has 1 aromatic heterocycles. The Morgan fingerprint density at radius 1 is 0.944 bits per heavy atom. The lowest BCUT2D eigenvalue weighted by Gasteiger charge is -2.27. The summed E-state index contributed by atoms with van der Waals surface area (Å²) in [5.41, 5.74) is 3.57. The van der Waals surface area contributed by atoms with Crippen LogP contribution in [-0.2, 0) is 4.79 Å². The molecule has 0 saturated heterocycles. The Morgan fingerprint density at radius 3 is 2.44 bits per heavy atom. The predicted octanol–water partition coefficient (Wildman–Crippen LogP) is 5.85. The largest absolute Gasteiger partial charge is 0.503 e. The van der Waals surface area contributed by atoms with E-state index in [4.69, 9.17) is 13.9 Å². The number of aliphatic hydroxyl groups is 1. The number of benzene rings is 3. The van der Waals surface area contributed by atoms with Gasteiger partial charge in [-0.05, 0) is 66.9 Å². The number of hydrogen-bond donors (Lipinski definition) is 1. The van der Waals surface area contributed by atoms with Gasteiger partial charge >= 0.3 is 0 Å². The Kier molecular flexibility index (Phi) is 5.76. The first kappa shape index (κ1) is 23.2. The number of aliphatic hydroxyl groups excluding tert-OH is 1.